The first-order valence-corrected chi connectivity index (χ1v) is 4.60. The number of hydrogen-bond donors (Lipinski definition) is 0. The van der Waals surface area contributed by atoms with Crippen LogP contribution in [-0.2, 0) is 0 Å². The quantitative estimate of drug-likeness (QED) is 0.563. The summed E-state index contributed by atoms with van der Waals surface area (Å²) in [4.78, 5) is 0. The fraction of sp³-hybridized carbons (Fsp3) is 0.636. The standard InChI is InChI=1S/C11H18/c1-4-5-11-7-6-9(2)10(3)8-11/h6-7,10H,4-5,8H2,1-3H3. The monoisotopic (exact) mass is 150 g/mol. The van der Waals surface area contributed by atoms with E-state index < -0.39 is 0 Å². The lowest BCUT2D eigenvalue weighted by molar-refractivity contribution is 0.637. The van der Waals surface area contributed by atoms with Gasteiger partial charge in [-0.05, 0) is 25.7 Å². The van der Waals surface area contributed by atoms with Crippen LogP contribution in [0, 0.1) is 5.92 Å². The largest absolute Gasteiger partial charge is 0.0702 e. The highest BCUT2D eigenvalue weighted by Gasteiger charge is 2.10. The van der Waals surface area contributed by atoms with Crippen molar-refractivity contribution in [2.24, 2.45) is 5.92 Å². The molecule has 0 heterocycles. The molecule has 0 aliphatic heterocycles. The molecule has 0 N–H and O–H groups in total. The predicted molar refractivity (Wildman–Crippen MR) is 50.5 cm³/mol. The average molecular weight is 150 g/mol. The van der Waals surface area contributed by atoms with E-state index in [1.807, 2.05) is 0 Å². The van der Waals surface area contributed by atoms with E-state index in [2.05, 4.69) is 32.9 Å². The molecule has 1 aliphatic carbocycles. The minimum Gasteiger partial charge on any atom is -0.0702 e. The van der Waals surface area contributed by atoms with Gasteiger partial charge in [0, 0.05) is 0 Å². The number of allylic oxidation sites excluding steroid dienone is 4. The minimum atomic E-state index is 0.779. The molecule has 0 heteroatoms. The Hall–Kier alpha value is -0.520. The zero-order valence-electron chi connectivity index (χ0n) is 7.85. The molecule has 0 saturated carbocycles. The van der Waals surface area contributed by atoms with Crippen molar-refractivity contribution in [3.8, 4) is 0 Å². The maximum Gasteiger partial charge on any atom is -0.0194 e. The summed E-state index contributed by atoms with van der Waals surface area (Å²) in [5.41, 5.74) is 3.16. The first-order valence-electron chi connectivity index (χ1n) is 4.60. The van der Waals surface area contributed by atoms with Crippen LogP contribution in [-0.4, -0.2) is 0 Å². The summed E-state index contributed by atoms with van der Waals surface area (Å²) in [6.07, 6.45) is 8.44. The molecule has 1 rings (SSSR count). The van der Waals surface area contributed by atoms with Crippen molar-refractivity contribution in [3.63, 3.8) is 0 Å². The summed E-state index contributed by atoms with van der Waals surface area (Å²) in [7, 11) is 0. The van der Waals surface area contributed by atoms with Gasteiger partial charge in [0.25, 0.3) is 0 Å². The van der Waals surface area contributed by atoms with Crippen LogP contribution in [0.4, 0.5) is 0 Å². The highest BCUT2D eigenvalue weighted by atomic mass is 14.2. The van der Waals surface area contributed by atoms with E-state index in [-0.39, 0.29) is 0 Å². The molecule has 0 aromatic rings. The Balaban J connectivity index is 2.58. The van der Waals surface area contributed by atoms with Crippen LogP contribution in [0.5, 0.6) is 0 Å². The van der Waals surface area contributed by atoms with Gasteiger partial charge in [-0.1, -0.05) is 43.6 Å². The predicted octanol–water partition coefficient (Wildman–Crippen LogP) is 3.70. The second-order valence-electron chi connectivity index (χ2n) is 3.59. The van der Waals surface area contributed by atoms with E-state index in [1.165, 1.54) is 24.8 Å². The van der Waals surface area contributed by atoms with Crippen LogP contribution in [0.15, 0.2) is 23.3 Å². The van der Waals surface area contributed by atoms with Gasteiger partial charge in [0.2, 0.25) is 0 Å². The fourth-order valence-corrected chi connectivity index (χ4v) is 1.54. The molecule has 0 bridgehead atoms. The average Bonchev–Trinajstić information content (AvgIpc) is 1.98. The SMILES string of the molecule is CCCC1=CC=C(C)C(C)C1. The van der Waals surface area contributed by atoms with Gasteiger partial charge in [0.1, 0.15) is 0 Å². The molecule has 0 radical (unpaired) electrons. The van der Waals surface area contributed by atoms with Crippen molar-refractivity contribution in [1.29, 1.82) is 0 Å². The summed E-state index contributed by atoms with van der Waals surface area (Å²) in [6, 6.07) is 0. The normalized spacial score (nSPS) is 24.5. The Morgan fingerprint density at radius 1 is 1.45 bits per heavy atom. The molecule has 0 aromatic carbocycles. The highest BCUT2D eigenvalue weighted by Crippen LogP contribution is 2.26. The molecule has 0 aromatic heterocycles. The summed E-state index contributed by atoms with van der Waals surface area (Å²) < 4.78 is 0. The van der Waals surface area contributed by atoms with Crippen LogP contribution in [0.3, 0.4) is 0 Å². The van der Waals surface area contributed by atoms with Gasteiger partial charge in [-0.3, -0.25) is 0 Å². The third kappa shape index (κ3) is 2.21. The van der Waals surface area contributed by atoms with Crippen LogP contribution in [0.25, 0.3) is 0 Å². The number of hydrogen-bond acceptors (Lipinski definition) is 0. The summed E-state index contributed by atoms with van der Waals surface area (Å²) in [5.74, 6) is 0.779. The molecule has 1 atom stereocenters. The molecule has 0 saturated heterocycles. The minimum absolute atomic E-state index is 0.779. The molecular formula is C11H18. The molecule has 1 unspecified atom stereocenters. The Kier molecular flexibility index (Phi) is 2.92. The maximum absolute atomic E-state index is 2.31. The van der Waals surface area contributed by atoms with Crippen molar-refractivity contribution in [2.45, 2.75) is 40.0 Å². The van der Waals surface area contributed by atoms with Gasteiger partial charge in [0.15, 0.2) is 0 Å². The van der Waals surface area contributed by atoms with E-state index in [0.717, 1.165) is 5.92 Å². The van der Waals surface area contributed by atoms with Gasteiger partial charge in [0.05, 0.1) is 0 Å². The second-order valence-corrected chi connectivity index (χ2v) is 3.59. The van der Waals surface area contributed by atoms with Gasteiger partial charge >= 0.3 is 0 Å². The summed E-state index contributed by atoms with van der Waals surface area (Å²) in [5, 5.41) is 0. The Bertz CT molecular complexity index is 184. The van der Waals surface area contributed by atoms with Gasteiger partial charge in [-0.25, -0.2) is 0 Å². The maximum atomic E-state index is 2.31. The third-order valence-electron chi connectivity index (χ3n) is 2.50. The van der Waals surface area contributed by atoms with Gasteiger partial charge < -0.3 is 0 Å². The zero-order chi connectivity index (χ0) is 8.27. The van der Waals surface area contributed by atoms with E-state index >= 15 is 0 Å². The lowest BCUT2D eigenvalue weighted by Gasteiger charge is -2.18. The van der Waals surface area contributed by atoms with Crippen LogP contribution >= 0.6 is 0 Å². The Morgan fingerprint density at radius 2 is 2.18 bits per heavy atom. The fourth-order valence-electron chi connectivity index (χ4n) is 1.54. The van der Waals surface area contributed by atoms with Crippen molar-refractivity contribution in [2.75, 3.05) is 0 Å². The molecule has 0 spiro atoms. The number of rotatable bonds is 2. The lowest BCUT2D eigenvalue weighted by atomic mass is 9.88. The van der Waals surface area contributed by atoms with Crippen LogP contribution in [0.1, 0.15) is 40.0 Å². The first kappa shape index (κ1) is 8.58. The van der Waals surface area contributed by atoms with Gasteiger partial charge in [-0.2, -0.15) is 0 Å². The molecule has 62 valence electrons. The molecule has 0 nitrogen and oxygen atoms in total. The second kappa shape index (κ2) is 3.75. The summed E-state index contributed by atoms with van der Waals surface area (Å²) in [6.45, 7) is 6.79. The third-order valence-corrected chi connectivity index (χ3v) is 2.50. The molecule has 0 fully saturated rings. The summed E-state index contributed by atoms with van der Waals surface area (Å²) >= 11 is 0. The Labute approximate surface area is 70.0 Å². The molecular weight excluding hydrogens is 132 g/mol. The molecule has 1 aliphatic rings. The first-order chi connectivity index (χ1) is 5.24. The van der Waals surface area contributed by atoms with Gasteiger partial charge in [-0.15, -0.1) is 0 Å². The van der Waals surface area contributed by atoms with Crippen molar-refractivity contribution < 1.29 is 0 Å². The molecule has 0 amide bonds. The molecule has 11 heavy (non-hydrogen) atoms. The highest BCUT2D eigenvalue weighted by molar-refractivity contribution is 5.24. The lowest BCUT2D eigenvalue weighted by Crippen LogP contribution is -2.02. The van der Waals surface area contributed by atoms with Crippen molar-refractivity contribution in [1.82, 2.24) is 0 Å². The van der Waals surface area contributed by atoms with E-state index in [4.69, 9.17) is 0 Å². The smallest absolute Gasteiger partial charge is 0.0194 e. The zero-order valence-corrected chi connectivity index (χ0v) is 7.85. The van der Waals surface area contributed by atoms with Crippen LogP contribution in [0.2, 0.25) is 0 Å². The van der Waals surface area contributed by atoms with E-state index in [0.29, 0.717) is 0 Å². The van der Waals surface area contributed by atoms with Crippen molar-refractivity contribution >= 4 is 0 Å². The van der Waals surface area contributed by atoms with E-state index in [9.17, 15) is 0 Å². The topological polar surface area (TPSA) is 0 Å². The van der Waals surface area contributed by atoms with Crippen molar-refractivity contribution in [3.05, 3.63) is 23.3 Å². The van der Waals surface area contributed by atoms with Crippen LogP contribution < -0.4 is 0 Å². The van der Waals surface area contributed by atoms with E-state index in [1.54, 1.807) is 5.57 Å². The Morgan fingerprint density at radius 3 is 2.73 bits per heavy atom.